The highest BCUT2D eigenvalue weighted by Crippen LogP contribution is 2.87. The molecule has 0 aromatic heterocycles. The van der Waals surface area contributed by atoms with Crippen LogP contribution in [0.2, 0.25) is 5.02 Å². The molecule has 3 unspecified atom stereocenters. The Labute approximate surface area is 333 Å². The lowest BCUT2D eigenvalue weighted by Gasteiger charge is -2.71. The first-order chi connectivity index (χ1) is 25.5. The molecule has 0 heterocycles. The number of ether oxygens (including phenoxy) is 1. The standard InChI is InChI=1S/C46H64ClNO7/c1-27(2)37-32(50)22-45(34(51)25-48(28(3)49)24-29-11-10-12-30(47)21-29)19-17-41(6)31(38(37)45)13-14-33-42(41,7)18-20-46-26-44(46,9)35(15-16-43(33,46)8)55-36(52)23-40(4,5)39(53)54/h10-12,21,27,31,33-35,51H,13-20,22-26H2,1-9H3,(H,53,54)/t31-,33+,34?,35+,41-,42-,43-,44?,45?,46+/m1/s1. The third-order valence-corrected chi connectivity index (χ3v) is 17.8. The summed E-state index contributed by atoms with van der Waals surface area (Å²) in [5, 5.41) is 22.7. The van der Waals surface area contributed by atoms with Gasteiger partial charge < -0.3 is 19.8 Å². The Morgan fingerprint density at radius 3 is 2.29 bits per heavy atom. The van der Waals surface area contributed by atoms with Gasteiger partial charge in [0.15, 0.2) is 5.78 Å². The van der Waals surface area contributed by atoms with Crippen LogP contribution in [0.15, 0.2) is 35.4 Å². The van der Waals surface area contributed by atoms with Crippen molar-refractivity contribution in [2.45, 2.75) is 152 Å². The van der Waals surface area contributed by atoms with E-state index in [-0.39, 0.29) is 69.7 Å². The Bertz CT molecular complexity index is 1840. The molecule has 6 aliphatic carbocycles. The number of hydrogen-bond donors (Lipinski definition) is 2. The molecule has 2 N–H and O–H groups in total. The summed E-state index contributed by atoms with van der Waals surface area (Å²) in [5.41, 5.74) is 1.07. The number of Topliss-reactive ketones (excluding diaryl/α,β-unsaturated/α-hetero) is 1. The van der Waals surface area contributed by atoms with E-state index in [1.807, 2.05) is 24.3 Å². The molecule has 302 valence electrons. The molecule has 7 rings (SSSR count). The van der Waals surface area contributed by atoms with Gasteiger partial charge in [0.25, 0.3) is 0 Å². The van der Waals surface area contributed by atoms with Crippen LogP contribution in [0.4, 0.5) is 0 Å². The van der Waals surface area contributed by atoms with E-state index in [9.17, 15) is 29.4 Å². The number of carbonyl (C=O) groups excluding carboxylic acids is 3. The molecule has 5 saturated carbocycles. The minimum atomic E-state index is -1.17. The van der Waals surface area contributed by atoms with Gasteiger partial charge in [-0.2, -0.15) is 0 Å². The smallest absolute Gasteiger partial charge is 0.309 e. The second-order valence-electron chi connectivity index (χ2n) is 20.8. The quantitative estimate of drug-likeness (QED) is 0.227. The number of carboxylic acid groups (broad SMARTS) is 1. The highest BCUT2D eigenvalue weighted by molar-refractivity contribution is 6.30. The highest BCUT2D eigenvalue weighted by atomic mass is 35.5. The van der Waals surface area contributed by atoms with Gasteiger partial charge in [-0.25, -0.2) is 0 Å². The van der Waals surface area contributed by atoms with Crippen LogP contribution >= 0.6 is 11.6 Å². The zero-order chi connectivity index (χ0) is 40.3. The van der Waals surface area contributed by atoms with Crippen LogP contribution in [-0.4, -0.2) is 57.5 Å². The monoisotopic (exact) mass is 777 g/mol. The minimum absolute atomic E-state index is 0.00424. The van der Waals surface area contributed by atoms with E-state index in [0.29, 0.717) is 30.3 Å². The Hall–Kier alpha value is -2.71. The Morgan fingerprint density at radius 2 is 1.65 bits per heavy atom. The largest absolute Gasteiger partial charge is 0.481 e. The second kappa shape index (κ2) is 13.2. The fourth-order valence-corrected chi connectivity index (χ4v) is 14.5. The van der Waals surface area contributed by atoms with Crippen molar-refractivity contribution in [1.82, 2.24) is 4.90 Å². The molecule has 1 aromatic carbocycles. The Morgan fingerprint density at radius 1 is 0.964 bits per heavy atom. The zero-order valence-corrected chi connectivity index (χ0v) is 35.4. The van der Waals surface area contributed by atoms with Gasteiger partial charge in [0, 0.05) is 42.3 Å². The van der Waals surface area contributed by atoms with Gasteiger partial charge >= 0.3 is 11.9 Å². The summed E-state index contributed by atoms with van der Waals surface area (Å²) in [5.74, 6) is -0.702. The molecule has 6 aliphatic rings. The normalized spacial score (nSPS) is 39.6. The number of rotatable bonds is 10. The van der Waals surface area contributed by atoms with Crippen LogP contribution in [-0.2, 0) is 30.5 Å². The molecule has 1 spiro atoms. The molecule has 5 fully saturated rings. The SMILES string of the molecule is CC(=O)N(Cc1cccc(Cl)c1)CC(O)C12CC[C@]3(C)[C@H](CC[C@@H]4[C@@]5(C)CC[C@H](OC(=O)CC(C)(C)C(=O)O)C6(C)C[C@]65CC[C@]43C)C1=C(C(C)C)C(=O)C2. The van der Waals surface area contributed by atoms with E-state index in [1.165, 1.54) is 5.57 Å². The van der Waals surface area contributed by atoms with Gasteiger partial charge in [-0.05, 0) is 134 Å². The molecule has 55 heavy (non-hydrogen) atoms. The number of hydrogen-bond acceptors (Lipinski definition) is 6. The molecule has 1 aromatic rings. The lowest BCUT2D eigenvalue weighted by atomic mass is 9.33. The number of aliphatic hydroxyl groups is 1. The number of esters is 1. The van der Waals surface area contributed by atoms with E-state index >= 15 is 0 Å². The first kappa shape index (κ1) is 40.5. The van der Waals surface area contributed by atoms with Crippen LogP contribution in [0.3, 0.4) is 0 Å². The first-order valence-electron chi connectivity index (χ1n) is 20.9. The third-order valence-electron chi connectivity index (χ3n) is 17.6. The molecule has 0 bridgehead atoms. The molecule has 9 heteroatoms. The van der Waals surface area contributed by atoms with Gasteiger partial charge in [0.2, 0.25) is 5.91 Å². The van der Waals surface area contributed by atoms with E-state index in [4.69, 9.17) is 16.3 Å². The van der Waals surface area contributed by atoms with Crippen molar-refractivity contribution in [3.63, 3.8) is 0 Å². The van der Waals surface area contributed by atoms with Crippen molar-refractivity contribution < 1.29 is 34.1 Å². The summed E-state index contributed by atoms with van der Waals surface area (Å²) >= 11 is 6.29. The fraction of sp³-hybridized carbons (Fsp3) is 0.739. The molecule has 0 aliphatic heterocycles. The van der Waals surface area contributed by atoms with Crippen molar-refractivity contribution in [1.29, 1.82) is 0 Å². The summed E-state index contributed by atoms with van der Waals surface area (Å²) in [6.07, 6.45) is 7.63. The molecule has 8 nitrogen and oxygen atoms in total. The number of aliphatic hydroxyl groups excluding tert-OH is 1. The number of nitrogens with zero attached hydrogens (tertiary/aromatic N) is 1. The van der Waals surface area contributed by atoms with Crippen LogP contribution in [0.1, 0.15) is 139 Å². The lowest BCUT2D eigenvalue weighted by Crippen LogP contribution is -2.65. The second-order valence-corrected chi connectivity index (χ2v) is 21.2. The van der Waals surface area contributed by atoms with Crippen LogP contribution in [0.25, 0.3) is 0 Å². The Kier molecular flexibility index (Phi) is 9.69. The van der Waals surface area contributed by atoms with E-state index in [1.54, 1.807) is 25.7 Å². The van der Waals surface area contributed by atoms with Gasteiger partial charge in [0.05, 0.1) is 17.9 Å². The molecule has 1 amide bonds. The number of allylic oxidation sites excluding steroid dienone is 1. The van der Waals surface area contributed by atoms with Crippen LogP contribution in [0, 0.1) is 55.7 Å². The van der Waals surface area contributed by atoms with Gasteiger partial charge in [-0.15, -0.1) is 0 Å². The average molecular weight is 778 g/mol. The van der Waals surface area contributed by atoms with E-state index in [0.717, 1.165) is 62.5 Å². The first-order valence-corrected chi connectivity index (χ1v) is 21.3. The summed E-state index contributed by atoms with van der Waals surface area (Å²) in [7, 11) is 0. The predicted octanol–water partition coefficient (Wildman–Crippen LogP) is 9.20. The molecule has 10 atom stereocenters. The number of carboxylic acids is 1. The number of benzene rings is 1. The predicted molar refractivity (Wildman–Crippen MR) is 212 cm³/mol. The number of carbonyl (C=O) groups is 4. The average Bonchev–Trinajstić information content (AvgIpc) is 3.61. The zero-order valence-electron chi connectivity index (χ0n) is 34.6. The van der Waals surface area contributed by atoms with Crippen molar-refractivity contribution in [2.24, 2.45) is 55.7 Å². The molecular formula is C46H64ClNO7. The molecule has 0 radical (unpaired) electrons. The molecule has 0 saturated heterocycles. The number of amides is 1. The summed E-state index contributed by atoms with van der Waals surface area (Å²) in [6.45, 7) is 19.3. The van der Waals surface area contributed by atoms with Crippen LogP contribution < -0.4 is 0 Å². The van der Waals surface area contributed by atoms with Crippen molar-refractivity contribution in [3.05, 3.63) is 46.0 Å². The van der Waals surface area contributed by atoms with Crippen molar-refractivity contribution >= 4 is 35.2 Å². The summed E-state index contributed by atoms with van der Waals surface area (Å²) in [6, 6.07) is 7.49. The fourth-order valence-electron chi connectivity index (χ4n) is 14.3. The minimum Gasteiger partial charge on any atom is -0.481 e. The van der Waals surface area contributed by atoms with Gasteiger partial charge in [-0.1, -0.05) is 70.8 Å². The van der Waals surface area contributed by atoms with E-state index in [2.05, 4.69) is 41.5 Å². The number of aliphatic carboxylic acids is 1. The maximum absolute atomic E-state index is 14.2. The van der Waals surface area contributed by atoms with Gasteiger partial charge in [0.1, 0.15) is 6.10 Å². The van der Waals surface area contributed by atoms with Gasteiger partial charge in [-0.3, -0.25) is 19.2 Å². The molecular weight excluding hydrogens is 714 g/mol. The van der Waals surface area contributed by atoms with E-state index < -0.39 is 28.9 Å². The highest BCUT2D eigenvalue weighted by Gasteiger charge is 2.82. The van der Waals surface area contributed by atoms with Crippen LogP contribution in [0.5, 0.6) is 0 Å². The maximum atomic E-state index is 14.2. The topological polar surface area (TPSA) is 121 Å². The maximum Gasteiger partial charge on any atom is 0.309 e. The number of halogens is 1. The number of ketones is 1. The third kappa shape index (κ3) is 5.74. The van der Waals surface area contributed by atoms with Crippen molar-refractivity contribution in [2.75, 3.05) is 6.54 Å². The number of fused-ring (bicyclic) bond motifs is 6. The summed E-state index contributed by atoms with van der Waals surface area (Å²) < 4.78 is 6.20. The lowest BCUT2D eigenvalue weighted by molar-refractivity contribution is -0.221. The van der Waals surface area contributed by atoms with Crippen molar-refractivity contribution in [3.8, 4) is 0 Å². The Balaban J connectivity index is 1.17. The summed E-state index contributed by atoms with van der Waals surface area (Å²) in [4.78, 5) is 53.9.